The van der Waals surface area contributed by atoms with Gasteiger partial charge in [0.15, 0.2) is 0 Å². The number of aryl methyl sites for hydroxylation is 1. The second-order valence-electron chi connectivity index (χ2n) is 6.99. The zero-order valence-corrected chi connectivity index (χ0v) is 14.2. The highest BCUT2D eigenvalue weighted by Crippen LogP contribution is 2.41. The normalized spacial score (nSPS) is 17.9. The minimum absolute atomic E-state index is 0.0755. The fourth-order valence-electron chi connectivity index (χ4n) is 3.33. The molecule has 2 rings (SSSR count). The van der Waals surface area contributed by atoms with Crippen LogP contribution in [0, 0.1) is 12.3 Å². The van der Waals surface area contributed by atoms with Crippen LogP contribution in [-0.2, 0) is 4.79 Å². The first kappa shape index (κ1) is 17.0. The number of carbonyl (C=O) groups is 1. The molecule has 1 aliphatic carbocycles. The Morgan fingerprint density at radius 3 is 2.45 bits per heavy atom. The molecule has 122 valence electrons. The Morgan fingerprint density at radius 2 is 2.00 bits per heavy atom. The van der Waals surface area contributed by atoms with Gasteiger partial charge in [-0.3, -0.25) is 9.69 Å². The van der Waals surface area contributed by atoms with Gasteiger partial charge in [0.1, 0.15) is 6.04 Å². The van der Waals surface area contributed by atoms with Crippen LogP contribution in [0.5, 0.6) is 0 Å². The van der Waals surface area contributed by atoms with Gasteiger partial charge in [-0.25, -0.2) is 0 Å². The third kappa shape index (κ3) is 3.50. The highest BCUT2D eigenvalue weighted by molar-refractivity contribution is 5.83. The van der Waals surface area contributed by atoms with E-state index in [1.54, 1.807) is 4.90 Å². The summed E-state index contributed by atoms with van der Waals surface area (Å²) in [5, 5.41) is 9.62. The van der Waals surface area contributed by atoms with E-state index in [9.17, 15) is 9.90 Å². The number of nitrogens with zero attached hydrogens (tertiary/aromatic N) is 2. The Bertz CT molecular complexity index is 518. The maximum atomic E-state index is 12.9. The smallest absolute Gasteiger partial charge is 0.244 e. The molecule has 0 bridgehead atoms. The van der Waals surface area contributed by atoms with Gasteiger partial charge in [0.2, 0.25) is 5.91 Å². The number of amides is 1. The predicted molar refractivity (Wildman–Crippen MR) is 88.6 cm³/mol. The Morgan fingerprint density at radius 1 is 1.32 bits per heavy atom. The molecule has 0 saturated heterocycles. The van der Waals surface area contributed by atoms with Crippen LogP contribution >= 0.6 is 0 Å². The average Bonchev–Trinajstić information content (AvgIpc) is 2.42. The molecule has 1 saturated carbocycles. The molecule has 1 fully saturated rings. The number of hydrogen-bond acceptors (Lipinski definition) is 3. The number of carbonyl (C=O) groups excluding carboxylic acids is 1. The van der Waals surface area contributed by atoms with E-state index in [1.807, 2.05) is 51.2 Å². The van der Waals surface area contributed by atoms with Crippen molar-refractivity contribution in [3.05, 3.63) is 35.4 Å². The maximum Gasteiger partial charge on any atom is 0.244 e. The molecule has 1 amide bonds. The number of aliphatic hydroxyl groups is 1. The summed E-state index contributed by atoms with van der Waals surface area (Å²) in [6.45, 7) is 2.85. The molecular formula is C18H28N2O2. The first-order valence-electron chi connectivity index (χ1n) is 7.97. The van der Waals surface area contributed by atoms with E-state index in [0.717, 1.165) is 30.4 Å². The van der Waals surface area contributed by atoms with Gasteiger partial charge in [-0.05, 0) is 39.4 Å². The first-order valence-corrected chi connectivity index (χ1v) is 7.97. The highest BCUT2D eigenvalue weighted by atomic mass is 16.3. The molecule has 0 heterocycles. The van der Waals surface area contributed by atoms with Crippen molar-refractivity contribution in [3.8, 4) is 0 Å². The molecule has 1 aromatic carbocycles. The van der Waals surface area contributed by atoms with Crippen molar-refractivity contribution < 1.29 is 9.90 Å². The van der Waals surface area contributed by atoms with Gasteiger partial charge < -0.3 is 10.0 Å². The van der Waals surface area contributed by atoms with Crippen LogP contribution in [0.15, 0.2) is 24.3 Å². The Hall–Kier alpha value is -1.39. The van der Waals surface area contributed by atoms with Crippen LogP contribution in [0.4, 0.5) is 0 Å². The van der Waals surface area contributed by atoms with Crippen molar-refractivity contribution in [1.82, 2.24) is 9.80 Å². The molecule has 0 aromatic heterocycles. The molecule has 1 unspecified atom stereocenters. The lowest BCUT2D eigenvalue weighted by Crippen LogP contribution is -2.48. The largest absolute Gasteiger partial charge is 0.396 e. The molecule has 1 aliphatic rings. The zero-order valence-electron chi connectivity index (χ0n) is 14.2. The van der Waals surface area contributed by atoms with Gasteiger partial charge in [0.05, 0.1) is 6.61 Å². The molecule has 0 radical (unpaired) electrons. The standard InChI is InChI=1S/C18H28N2O2/c1-14-7-5-8-15(11-14)16(19(2)3)17(22)20(4)12-18(13-21)9-6-10-18/h5,7-8,11,16,21H,6,9-10,12-13H2,1-4H3. The van der Waals surface area contributed by atoms with E-state index in [1.165, 1.54) is 0 Å². The summed E-state index contributed by atoms with van der Waals surface area (Å²) < 4.78 is 0. The van der Waals surface area contributed by atoms with E-state index in [0.29, 0.717) is 6.54 Å². The fourth-order valence-corrected chi connectivity index (χ4v) is 3.33. The summed E-state index contributed by atoms with van der Waals surface area (Å²) in [4.78, 5) is 16.7. The van der Waals surface area contributed by atoms with Crippen molar-refractivity contribution in [2.24, 2.45) is 5.41 Å². The lowest BCUT2D eigenvalue weighted by atomic mass is 9.69. The molecule has 4 heteroatoms. The van der Waals surface area contributed by atoms with Gasteiger partial charge in [-0.1, -0.05) is 36.2 Å². The van der Waals surface area contributed by atoms with Crippen LogP contribution in [0.25, 0.3) is 0 Å². The summed E-state index contributed by atoms with van der Waals surface area (Å²) in [6, 6.07) is 7.84. The van der Waals surface area contributed by atoms with Crippen molar-refractivity contribution in [2.45, 2.75) is 32.2 Å². The SMILES string of the molecule is Cc1cccc(C(C(=O)N(C)CC2(CO)CCC2)N(C)C)c1. The van der Waals surface area contributed by atoms with Crippen molar-refractivity contribution in [2.75, 3.05) is 34.3 Å². The summed E-state index contributed by atoms with van der Waals surface area (Å²) in [7, 11) is 5.72. The summed E-state index contributed by atoms with van der Waals surface area (Å²) in [5.74, 6) is 0.0929. The number of benzene rings is 1. The van der Waals surface area contributed by atoms with Crippen molar-refractivity contribution in [3.63, 3.8) is 0 Å². The zero-order chi connectivity index (χ0) is 16.3. The predicted octanol–water partition coefficient (Wildman–Crippen LogP) is 2.22. The number of likely N-dealkylation sites (N-methyl/N-ethyl adjacent to an activating group) is 2. The number of aliphatic hydroxyl groups excluding tert-OH is 1. The molecule has 1 atom stereocenters. The van der Waals surface area contributed by atoms with E-state index in [-0.39, 0.29) is 24.0 Å². The molecule has 0 aliphatic heterocycles. The first-order chi connectivity index (χ1) is 10.4. The Kier molecular flexibility index (Phi) is 5.24. The molecule has 0 spiro atoms. The van der Waals surface area contributed by atoms with Gasteiger partial charge in [0, 0.05) is 19.0 Å². The van der Waals surface area contributed by atoms with Crippen LogP contribution in [0.2, 0.25) is 0 Å². The summed E-state index contributed by atoms with van der Waals surface area (Å²) in [6.07, 6.45) is 3.17. The quantitative estimate of drug-likeness (QED) is 0.876. The average molecular weight is 304 g/mol. The summed E-state index contributed by atoms with van der Waals surface area (Å²) in [5.41, 5.74) is 2.10. The van der Waals surface area contributed by atoms with Gasteiger partial charge >= 0.3 is 0 Å². The van der Waals surface area contributed by atoms with Gasteiger partial charge in [-0.15, -0.1) is 0 Å². The lowest BCUT2D eigenvalue weighted by Gasteiger charge is -2.43. The molecule has 22 heavy (non-hydrogen) atoms. The van der Waals surface area contributed by atoms with Crippen LogP contribution in [-0.4, -0.2) is 55.1 Å². The fraction of sp³-hybridized carbons (Fsp3) is 0.611. The minimum Gasteiger partial charge on any atom is -0.396 e. The topological polar surface area (TPSA) is 43.8 Å². The van der Waals surface area contributed by atoms with E-state index < -0.39 is 0 Å². The van der Waals surface area contributed by atoms with E-state index in [2.05, 4.69) is 6.07 Å². The lowest BCUT2D eigenvalue weighted by molar-refractivity contribution is -0.138. The van der Waals surface area contributed by atoms with Crippen molar-refractivity contribution >= 4 is 5.91 Å². The second kappa shape index (κ2) is 6.80. The van der Waals surface area contributed by atoms with E-state index >= 15 is 0 Å². The molecule has 4 nitrogen and oxygen atoms in total. The third-order valence-electron chi connectivity index (χ3n) is 4.81. The Balaban J connectivity index is 2.16. The Labute approximate surface area is 133 Å². The molecular weight excluding hydrogens is 276 g/mol. The van der Waals surface area contributed by atoms with Crippen LogP contribution in [0.1, 0.15) is 36.4 Å². The highest BCUT2D eigenvalue weighted by Gasteiger charge is 2.39. The van der Waals surface area contributed by atoms with Crippen LogP contribution < -0.4 is 0 Å². The second-order valence-corrected chi connectivity index (χ2v) is 6.99. The van der Waals surface area contributed by atoms with Gasteiger partial charge in [0.25, 0.3) is 0 Å². The molecule has 1 aromatic rings. The maximum absolute atomic E-state index is 12.9. The van der Waals surface area contributed by atoms with Crippen LogP contribution in [0.3, 0.4) is 0 Å². The minimum atomic E-state index is -0.277. The van der Waals surface area contributed by atoms with E-state index in [4.69, 9.17) is 0 Å². The number of rotatable bonds is 6. The van der Waals surface area contributed by atoms with Crippen molar-refractivity contribution in [1.29, 1.82) is 0 Å². The third-order valence-corrected chi connectivity index (χ3v) is 4.81. The van der Waals surface area contributed by atoms with Gasteiger partial charge in [-0.2, -0.15) is 0 Å². The number of hydrogen-bond donors (Lipinski definition) is 1. The monoisotopic (exact) mass is 304 g/mol. The summed E-state index contributed by atoms with van der Waals surface area (Å²) >= 11 is 0. The molecule has 1 N–H and O–H groups in total.